The van der Waals surface area contributed by atoms with Crippen LogP contribution in [0.2, 0.25) is 0 Å². The second kappa shape index (κ2) is 6.60. The van der Waals surface area contributed by atoms with Gasteiger partial charge >= 0.3 is 0 Å². The summed E-state index contributed by atoms with van der Waals surface area (Å²) in [6.07, 6.45) is 2.54. The summed E-state index contributed by atoms with van der Waals surface area (Å²) >= 11 is 0. The first-order valence-electron chi connectivity index (χ1n) is 7.61. The Morgan fingerprint density at radius 3 is 2.77 bits per heavy atom. The van der Waals surface area contributed by atoms with Crippen molar-refractivity contribution in [2.75, 3.05) is 23.3 Å². The van der Waals surface area contributed by atoms with E-state index in [0.717, 1.165) is 19.4 Å². The zero-order valence-electron chi connectivity index (χ0n) is 12.4. The minimum atomic E-state index is -0.404. The Bertz CT molecular complexity index is 672. The highest BCUT2D eigenvalue weighted by molar-refractivity contribution is 5.91. The Balaban J connectivity index is 1.59. The number of amides is 1. The van der Waals surface area contributed by atoms with Gasteiger partial charge in [-0.15, -0.1) is 0 Å². The van der Waals surface area contributed by atoms with E-state index in [9.17, 15) is 9.18 Å². The van der Waals surface area contributed by atoms with Crippen LogP contribution < -0.4 is 10.2 Å². The largest absolute Gasteiger partial charge is 0.371 e. The van der Waals surface area contributed by atoms with Gasteiger partial charge in [0, 0.05) is 25.2 Å². The number of aryl methyl sites for hydroxylation is 1. The van der Waals surface area contributed by atoms with Crippen molar-refractivity contribution >= 4 is 17.3 Å². The molecule has 1 aliphatic heterocycles. The van der Waals surface area contributed by atoms with Crippen molar-refractivity contribution in [2.24, 2.45) is 0 Å². The number of carbonyl (C=O) groups is 1. The molecule has 0 aromatic heterocycles. The molecule has 0 aliphatic carbocycles. The van der Waals surface area contributed by atoms with Gasteiger partial charge in [0.1, 0.15) is 5.82 Å². The van der Waals surface area contributed by atoms with Crippen molar-refractivity contribution in [3.8, 4) is 0 Å². The average Bonchev–Trinajstić information content (AvgIpc) is 2.55. The molecule has 0 saturated heterocycles. The van der Waals surface area contributed by atoms with E-state index in [2.05, 4.69) is 22.3 Å². The fourth-order valence-corrected chi connectivity index (χ4v) is 2.86. The monoisotopic (exact) mass is 298 g/mol. The quantitative estimate of drug-likeness (QED) is 0.935. The standard InChI is InChI=1S/C18H19FN2O/c19-15-8-2-3-9-16(15)20-18(22)11-13-21-12-5-7-14-6-1-4-10-17(14)21/h1-4,6,8-10H,5,7,11-13H2,(H,20,22). The third-order valence-electron chi connectivity index (χ3n) is 3.96. The lowest BCUT2D eigenvalue weighted by Gasteiger charge is -2.31. The van der Waals surface area contributed by atoms with E-state index in [1.54, 1.807) is 18.2 Å². The molecule has 1 aliphatic rings. The average molecular weight is 298 g/mol. The summed E-state index contributed by atoms with van der Waals surface area (Å²) < 4.78 is 13.5. The minimum Gasteiger partial charge on any atom is -0.371 e. The molecule has 1 amide bonds. The van der Waals surface area contributed by atoms with E-state index in [0.29, 0.717) is 13.0 Å². The molecule has 114 valence electrons. The van der Waals surface area contributed by atoms with Gasteiger partial charge < -0.3 is 10.2 Å². The number of halogens is 1. The van der Waals surface area contributed by atoms with Gasteiger partial charge in [-0.2, -0.15) is 0 Å². The number of para-hydroxylation sites is 2. The SMILES string of the molecule is O=C(CCN1CCCc2ccccc21)Nc1ccccc1F. The van der Waals surface area contributed by atoms with Crippen molar-refractivity contribution in [3.63, 3.8) is 0 Å². The smallest absolute Gasteiger partial charge is 0.226 e. The number of rotatable bonds is 4. The molecule has 4 heteroatoms. The normalized spacial score (nSPS) is 13.6. The van der Waals surface area contributed by atoms with E-state index in [-0.39, 0.29) is 11.6 Å². The van der Waals surface area contributed by atoms with Crippen molar-refractivity contribution in [3.05, 3.63) is 59.9 Å². The van der Waals surface area contributed by atoms with Crippen LogP contribution in [0.3, 0.4) is 0 Å². The van der Waals surface area contributed by atoms with Crippen LogP contribution in [-0.4, -0.2) is 19.0 Å². The summed E-state index contributed by atoms with van der Waals surface area (Å²) in [5.74, 6) is -0.563. The first-order valence-corrected chi connectivity index (χ1v) is 7.61. The number of hydrogen-bond acceptors (Lipinski definition) is 2. The van der Waals surface area contributed by atoms with Gasteiger partial charge in [0.15, 0.2) is 0 Å². The van der Waals surface area contributed by atoms with Gasteiger partial charge in [-0.05, 0) is 36.6 Å². The fraction of sp³-hybridized carbons (Fsp3) is 0.278. The van der Waals surface area contributed by atoms with Crippen LogP contribution in [0.4, 0.5) is 15.8 Å². The van der Waals surface area contributed by atoms with Crippen LogP contribution in [0.5, 0.6) is 0 Å². The molecular weight excluding hydrogens is 279 g/mol. The number of fused-ring (bicyclic) bond motifs is 1. The molecule has 3 nitrogen and oxygen atoms in total. The summed E-state index contributed by atoms with van der Waals surface area (Å²) in [7, 11) is 0. The number of carbonyl (C=O) groups excluding carboxylic acids is 1. The molecule has 0 saturated carbocycles. The zero-order valence-corrected chi connectivity index (χ0v) is 12.4. The van der Waals surface area contributed by atoms with Gasteiger partial charge in [0.25, 0.3) is 0 Å². The Labute approximate surface area is 129 Å². The lowest BCUT2D eigenvalue weighted by Crippen LogP contribution is -2.32. The van der Waals surface area contributed by atoms with Crippen LogP contribution in [0.25, 0.3) is 0 Å². The molecule has 0 atom stereocenters. The molecule has 0 bridgehead atoms. The van der Waals surface area contributed by atoms with Gasteiger partial charge in [-0.3, -0.25) is 4.79 Å². The molecule has 22 heavy (non-hydrogen) atoms. The van der Waals surface area contributed by atoms with E-state index in [1.807, 2.05) is 12.1 Å². The molecule has 2 aromatic carbocycles. The van der Waals surface area contributed by atoms with E-state index in [4.69, 9.17) is 0 Å². The minimum absolute atomic E-state index is 0.159. The fourth-order valence-electron chi connectivity index (χ4n) is 2.86. The van der Waals surface area contributed by atoms with Crippen LogP contribution in [-0.2, 0) is 11.2 Å². The Kier molecular flexibility index (Phi) is 4.37. The number of benzene rings is 2. The van der Waals surface area contributed by atoms with Gasteiger partial charge in [-0.1, -0.05) is 30.3 Å². The number of hydrogen-bond donors (Lipinski definition) is 1. The van der Waals surface area contributed by atoms with Gasteiger partial charge in [0.05, 0.1) is 5.69 Å². The Hall–Kier alpha value is -2.36. The zero-order chi connectivity index (χ0) is 15.4. The molecule has 0 unspecified atom stereocenters. The molecule has 0 fully saturated rings. The third kappa shape index (κ3) is 3.27. The molecule has 0 radical (unpaired) electrons. The van der Waals surface area contributed by atoms with E-state index >= 15 is 0 Å². The highest BCUT2D eigenvalue weighted by Gasteiger charge is 2.17. The highest BCUT2D eigenvalue weighted by Crippen LogP contribution is 2.26. The summed E-state index contributed by atoms with van der Waals surface area (Å²) in [5.41, 5.74) is 2.79. The predicted molar refractivity (Wildman–Crippen MR) is 86.6 cm³/mol. The second-order valence-corrected chi connectivity index (χ2v) is 5.50. The first-order chi connectivity index (χ1) is 10.7. The lowest BCUT2D eigenvalue weighted by molar-refractivity contribution is -0.116. The van der Waals surface area contributed by atoms with E-state index in [1.165, 1.54) is 17.3 Å². The van der Waals surface area contributed by atoms with E-state index < -0.39 is 5.82 Å². The number of nitrogens with one attached hydrogen (secondary N) is 1. The van der Waals surface area contributed by atoms with Gasteiger partial charge in [0.2, 0.25) is 5.91 Å². The van der Waals surface area contributed by atoms with Gasteiger partial charge in [-0.25, -0.2) is 4.39 Å². The van der Waals surface area contributed by atoms with Crippen LogP contribution in [0.15, 0.2) is 48.5 Å². The third-order valence-corrected chi connectivity index (χ3v) is 3.96. The summed E-state index contributed by atoms with van der Waals surface area (Å²) in [6, 6.07) is 14.5. The maximum Gasteiger partial charge on any atom is 0.226 e. The van der Waals surface area contributed by atoms with Crippen molar-refractivity contribution < 1.29 is 9.18 Å². The molecular formula is C18H19FN2O. The summed E-state index contributed by atoms with van der Waals surface area (Å²) in [5, 5.41) is 2.63. The molecule has 0 spiro atoms. The number of nitrogens with zero attached hydrogens (tertiary/aromatic N) is 1. The van der Waals surface area contributed by atoms with Crippen LogP contribution >= 0.6 is 0 Å². The molecule has 1 heterocycles. The Morgan fingerprint density at radius 1 is 1.14 bits per heavy atom. The molecule has 3 rings (SSSR count). The number of anilines is 2. The second-order valence-electron chi connectivity index (χ2n) is 5.50. The maximum atomic E-state index is 13.5. The highest BCUT2D eigenvalue weighted by atomic mass is 19.1. The van der Waals surface area contributed by atoms with Crippen molar-refractivity contribution in [1.29, 1.82) is 0 Å². The topological polar surface area (TPSA) is 32.3 Å². The Morgan fingerprint density at radius 2 is 1.91 bits per heavy atom. The van der Waals surface area contributed by atoms with Crippen LogP contribution in [0.1, 0.15) is 18.4 Å². The first kappa shape index (κ1) is 14.6. The molecule has 2 aromatic rings. The van der Waals surface area contributed by atoms with Crippen molar-refractivity contribution in [2.45, 2.75) is 19.3 Å². The summed E-state index contributed by atoms with van der Waals surface area (Å²) in [4.78, 5) is 14.3. The predicted octanol–water partition coefficient (Wildman–Crippen LogP) is 3.61. The van der Waals surface area contributed by atoms with Crippen molar-refractivity contribution in [1.82, 2.24) is 0 Å². The molecule has 1 N–H and O–H groups in total. The lowest BCUT2D eigenvalue weighted by atomic mass is 10.0. The van der Waals surface area contributed by atoms with Crippen LogP contribution in [0, 0.1) is 5.82 Å². The summed E-state index contributed by atoms with van der Waals surface area (Å²) in [6.45, 7) is 1.61. The maximum absolute atomic E-state index is 13.5.